The summed E-state index contributed by atoms with van der Waals surface area (Å²) < 4.78 is 1.92. The summed E-state index contributed by atoms with van der Waals surface area (Å²) >= 11 is 1.32. The summed E-state index contributed by atoms with van der Waals surface area (Å²) in [4.78, 5) is 27.8. The molecule has 2 N–H and O–H groups in total. The molecule has 154 valence electrons. The largest absolute Gasteiger partial charge is 0.326 e. The van der Waals surface area contributed by atoms with Crippen molar-refractivity contribution in [3.05, 3.63) is 61.4 Å². The second kappa shape index (κ2) is 9.84. The Morgan fingerprint density at radius 3 is 2.33 bits per heavy atom. The minimum Gasteiger partial charge on any atom is -0.326 e. The van der Waals surface area contributed by atoms with Gasteiger partial charge in [0.15, 0.2) is 11.0 Å². The fourth-order valence-electron chi connectivity index (χ4n) is 2.68. The zero-order chi connectivity index (χ0) is 21.5. The van der Waals surface area contributed by atoms with Crippen molar-refractivity contribution >= 4 is 35.0 Å². The average molecular weight is 423 g/mol. The molecular formula is C21H22N6O2S. The maximum atomic E-state index is 12.6. The van der Waals surface area contributed by atoms with E-state index in [0.717, 1.165) is 5.56 Å². The Morgan fingerprint density at radius 2 is 1.73 bits per heavy atom. The van der Waals surface area contributed by atoms with Gasteiger partial charge in [0, 0.05) is 42.8 Å². The van der Waals surface area contributed by atoms with Crippen LogP contribution >= 0.6 is 11.8 Å². The SMILES string of the molecule is C=CCn1c(SC(C)C(=O)Nc2ccc(NC(C)=O)cc2)nnc1-c1ccncc1. The summed E-state index contributed by atoms with van der Waals surface area (Å²) in [7, 11) is 0. The molecule has 0 saturated carbocycles. The fourth-order valence-corrected chi connectivity index (χ4v) is 3.54. The molecule has 1 aromatic carbocycles. The minimum atomic E-state index is -0.405. The van der Waals surface area contributed by atoms with Crippen LogP contribution in [0.15, 0.2) is 66.6 Å². The summed E-state index contributed by atoms with van der Waals surface area (Å²) in [5.41, 5.74) is 2.21. The van der Waals surface area contributed by atoms with E-state index in [1.807, 2.05) is 23.6 Å². The Morgan fingerprint density at radius 1 is 1.10 bits per heavy atom. The number of carbonyl (C=O) groups excluding carboxylic acids is 2. The van der Waals surface area contributed by atoms with Crippen LogP contribution in [0, 0.1) is 0 Å². The van der Waals surface area contributed by atoms with Gasteiger partial charge in [-0.05, 0) is 43.3 Å². The van der Waals surface area contributed by atoms with Gasteiger partial charge >= 0.3 is 0 Å². The van der Waals surface area contributed by atoms with Gasteiger partial charge in [-0.2, -0.15) is 0 Å². The van der Waals surface area contributed by atoms with Crippen LogP contribution < -0.4 is 10.6 Å². The number of anilines is 2. The van der Waals surface area contributed by atoms with Gasteiger partial charge in [-0.15, -0.1) is 16.8 Å². The lowest BCUT2D eigenvalue weighted by Crippen LogP contribution is -2.23. The van der Waals surface area contributed by atoms with E-state index >= 15 is 0 Å². The molecule has 2 aromatic heterocycles. The Kier molecular flexibility index (Phi) is 6.97. The van der Waals surface area contributed by atoms with E-state index in [9.17, 15) is 9.59 Å². The van der Waals surface area contributed by atoms with Crippen LogP contribution in [0.4, 0.5) is 11.4 Å². The number of amides is 2. The van der Waals surface area contributed by atoms with Crippen molar-refractivity contribution in [2.45, 2.75) is 30.8 Å². The lowest BCUT2D eigenvalue weighted by atomic mass is 10.2. The molecule has 2 heterocycles. The number of carbonyl (C=O) groups is 2. The van der Waals surface area contributed by atoms with Crippen LogP contribution in [-0.2, 0) is 16.1 Å². The third kappa shape index (κ3) is 5.32. The molecule has 1 unspecified atom stereocenters. The summed E-state index contributed by atoms with van der Waals surface area (Å²) in [5, 5.41) is 14.3. The first-order valence-electron chi connectivity index (χ1n) is 9.27. The van der Waals surface area contributed by atoms with Gasteiger partial charge in [-0.1, -0.05) is 17.8 Å². The number of rotatable bonds is 8. The number of pyridine rings is 1. The van der Waals surface area contributed by atoms with E-state index in [-0.39, 0.29) is 11.8 Å². The summed E-state index contributed by atoms with van der Waals surface area (Å²) in [6.07, 6.45) is 5.16. The molecule has 1 atom stereocenters. The summed E-state index contributed by atoms with van der Waals surface area (Å²) in [6, 6.07) is 10.7. The van der Waals surface area contributed by atoms with Gasteiger partial charge in [0.25, 0.3) is 0 Å². The van der Waals surface area contributed by atoms with Crippen LogP contribution in [0.5, 0.6) is 0 Å². The lowest BCUT2D eigenvalue weighted by molar-refractivity contribution is -0.115. The number of hydrogen-bond acceptors (Lipinski definition) is 6. The number of nitrogens with zero attached hydrogens (tertiary/aromatic N) is 4. The third-order valence-corrected chi connectivity index (χ3v) is 5.17. The number of hydrogen-bond donors (Lipinski definition) is 2. The van der Waals surface area contributed by atoms with E-state index in [1.165, 1.54) is 18.7 Å². The molecule has 0 aliphatic heterocycles. The summed E-state index contributed by atoms with van der Waals surface area (Å²) in [6.45, 7) is 7.58. The first-order chi connectivity index (χ1) is 14.5. The molecule has 9 heteroatoms. The molecule has 0 radical (unpaired) electrons. The maximum Gasteiger partial charge on any atom is 0.237 e. The summed E-state index contributed by atoms with van der Waals surface area (Å²) in [5.74, 6) is 0.387. The first kappa shape index (κ1) is 21.3. The van der Waals surface area contributed by atoms with Crippen molar-refractivity contribution in [1.29, 1.82) is 0 Å². The molecule has 3 rings (SSSR count). The molecule has 0 spiro atoms. The van der Waals surface area contributed by atoms with E-state index in [0.29, 0.717) is 28.9 Å². The van der Waals surface area contributed by atoms with E-state index in [4.69, 9.17) is 0 Å². The smallest absolute Gasteiger partial charge is 0.237 e. The number of nitrogens with one attached hydrogen (secondary N) is 2. The molecule has 2 amide bonds. The van der Waals surface area contributed by atoms with Crippen molar-refractivity contribution in [3.63, 3.8) is 0 Å². The third-order valence-electron chi connectivity index (χ3n) is 4.09. The minimum absolute atomic E-state index is 0.147. The van der Waals surface area contributed by atoms with Gasteiger partial charge < -0.3 is 10.6 Å². The average Bonchev–Trinajstić information content (AvgIpc) is 3.12. The molecule has 0 aliphatic rings. The molecule has 0 bridgehead atoms. The highest BCUT2D eigenvalue weighted by atomic mass is 32.2. The lowest BCUT2D eigenvalue weighted by Gasteiger charge is -2.13. The molecule has 0 saturated heterocycles. The monoisotopic (exact) mass is 422 g/mol. The van der Waals surface area contributed by atoms with Crippen molar-refractivity contribution < 1.29 is 9.59 Å². The topological polar surface area (TPSA) is 102 Å². The van der Waals surface area contributed by atoms with Crippen molar-refractivity contribution in [2.75, 3.05) is 10.6 Å². The Labute approximate surface area is 178 Å². The molecule has 0 aliphatic carbocycles. The second-order valence-electron chi connectivity index (χ2n) is 6.45. The van der Waals surface area contributed by atoms with Gasteiger partial charge in [0.1, 0.15) is 0 Å². The molecular weight excluding hydrogens is 400 g/mol. The standard InChI is InChI=1S/C21H22N6O2S/c1-4-13-27-19(16-9-11-22-12-10-16)25-26-21(27)30-14(2)20(29)24-18-7-5-17(6-8-18)23-15(3)28/h4-12,14H,1,13H2,2-3H3,(H,23,28)(H,24,29). The highest BCUT2D eigenvalue weighted by Gasteiger charge is 2.20. The first-order valence-corrected chi connectivity index (χ1v) is 10.2. The molecule has 30 heavy (non-hydrogen) atoms. The van der Waals surface area contributed by atoms with Crippen molar-refractivity contribution in [2.24, 2.45) is 0 Å². The van der Waals surface area contributed by atoms with Crippen molar-refractivity contribution in [1.82, 2.24) is 19.7 Å². The predicted octanol–water partition coefficient (Wildman–Crippen LogP) is 3.60. The number of allylic oxidation sites excluding steroid dienone is 1. The van der Waals surface area contributed by atoms with E-state index in [1.54, 1.807) is 42.7 Å². The van der Waals surface area contributed by atoms with Crippen LogP contribution in [-0.4, -0.2) is 36.8 Å². The van der Waals surface area contributed by atoms with Gasteiger partial charge in [0.2, 0.25) is 11.8 Å². The van der Waals surface area contributed by atoms with E-state index < -0.39 is 5.25 Å². The quantitative estimate of drug-likeness (QED) is 0.425. The van der Waals surface area contributed by atoms with E-state index in [2.05, 4.69) is 32.4 Å². The molecule has 0 fully saturated rings. The molecule has 3 aromatic rings. The Hall–Kier alpha value is -3.46. The Balaban J connectivity index is 1.70. The second-order valence-corrected chi connectivity index (χ2v) is 7.76. The number of aromatic nitrogens is 4. The van der Waals surface area contributed by atoms with Crippen LogP contribution in [0.2, 0.25) is 0 Å². The van der Waals surface area contributed by atoms with Crippen LogP contribution in [0.1, 0.15) is 13.8 Å². The number of thioether (sulfide) groups is 1. The predicted molar refractivity (Wildman–Crippen MR) is 118 cm³/mol. The highest BCUT2D eigenvalue weighted by molar-refractivity contribution is 8.00. The zero-order valence-electron chi connectivity index (χ0n) is 16.7. The highest BCUT2D eigenvalue weighted by Crippen LogP contribution is 2.27. The van der Waals surface area contributed by atoms with Crippen LogP contribution in [0.3, 0.4) is 0 Å². The zero-order valence-corrected chi connectivity index (χ0v) is 17.5. The van der Waals surface area contributed by atoms with Gasteiger partial charge in [0.05, 0.1) is 5.25 Å². The van der Waals surface area contributed by atoms with Crippen LogP contribution in [0.25, 0.3) is 11.4 Å². The molecule has 8 nitrogen and oxygen atoms in total. The number of benzene rings is 1. The normalized spacial score (nSPS) is 11.5. The van der Waals surface area contributed by atoms with Crippen molar-refractivity contribution in [3.8, 4) is 11.4 Å². The fraction of sp³-hybridized carbons (Fsp3) is 0.190. The Bertz CT molecular complexity index is 1030. The van der Waals surface area contributed by atoms with Gasteiger partial charge in [-0.3, -0.25) is 19.1 Å². The van der Waals surface area contributed by atoms with Gasteiger partial charge in [-0.25, -0.2) is 0 Å². The maximum absolute atomic E-state index is 12.6.